The molecule has 0 saturated heterocycles. The smallest absolute Gasteiger partial charge is 0.0580 e. The van der Waals surface area contributed by atoms with Crippen LogP contribution in [0.3, 0.4) is 0 Å². The molecule has 0 radical (unpaired) electrons. The van der Waals surface area contributed by atoms with E-state index < -0.39 is 0 Å². The Morgan fingerprint density at radius 2 is 1.61 bits per heavy atom. The minimum Gasteiger partial charge on any atom is -0.311 e. The van der Waals surface area contributed by atoms with E-state index in [1.807, 2.05) is 0 Å². The van der Waals surface area contributed by atoms with Gasteiger partial charge >= 0.3 is 0 Å². The Labute approximate surface area is 108 Å². The van der Waals surface area contributed by atoms with Gasteiger partial charge in [0.1, 0.15) is 0 Å². The van der Waals surface area contributed by atoms with Crippen LogP contribution in [0, 0.1) is 0 Å². The Hall–Kier alpha value is -1.64. The Bertz CT molecular complexity index is 508. The molecule has 0 spiro atoms. The minimum absolute atomic E-state index is 0.310. The molecule has 3 rings (SSSR count). The van der Waals surface area contributed by atoms with Crippen LogP contribution in [-0.2, 0) is 6.54 Å². The number of fused-ring (bicyclic) bond motifs is 1. The molecule has 1 heterocycles. The van der Waals surface area contributed by atoms with Crippen molar-refractivity contribution in [3.8, 4) is 0 Å². The molecule has 2 aromatic carbocycles. The van der Waals surface area contributed by atoms with E-state index in [1.165, 1.54) is 16.7 Å². The summed E-state index contributed by atoms with van der Waals surface area (Å²) in [7, 11) is 0. The first kappa shape index (κ1) is 11.5. The molecule has 0 bridgehead atoms. The average Bonchev–Trinajstić information content (AvgIpc) is 2.41. The van der Waals surface area contributed by atoms with Crippen molar-refractivity contribution >= 4 is 0 Å². The molecule has 0 aromatic heterocycles. The second-order valence-electron chi connectivity index (χ2n) is 4.67. The van der Waals surface area contributed by atoms with Gasteiger partial charge in [-0.1, -0.05) is 54.6 Å². The van der Waals surface area contributed by atoms with Crippen molar-refractivity contribution in [2.24, 2.45) is 0 Å². The molecular formula is C16H18N2. The Balaban J connectivity index is 2.04. The van der Waals surface area contributed by atoms with E-state index in [0.717, 1.165) is 19.6 Å². The van der Waals surface area contributed by atoms with E-state index in [2.05, 4.69) is 65.2 Å². The largest absolute Gasteiger partial charge is 0.311 e. The van der Waals surface area contributed by atoms with Crippen molar-refractivity contribution < 1.29 is 0 Å². The summed E-state index contributed by atoms with van der Waals surface area (Å²) in [6, 6.07) is 19.7. The molecule has 2 N–H and O–H groups in total. The zero-order chi connectivity index (χ0) is 12.2. The van der Waals surface area contributed by atoms with E-state index >= 15 is 0 Å². The van der Waals surface area contributed by atoms with Gasteiger partial charge in [-0.05, 0) is 16.7 Å². The van der Waals surface area contributed by atoms with Gasteiger partial charge in [-0.15, -0.1) is 0 Å². The number of nitrogens with one attached hydrogen (secondary N) is 2. The van der Waals surface area contributed by atoms with Crippen LogP contribution < -0.4 is 10.6 Å². The molecule has 0 saturated carbocycles. The molecule has 1 atom stereocenters. The maximum Gasteiger partial charge on any atom is 0.0580 e. The number of hydrogen-bond donors (Lipinski definition) is 2. The predicted molar refractivity (Wildman–Crippen MR) is 74.4 cm³/mol. The maximum absolute atomic E-state index is 3.63. The van der Waals surface area contributed by atoms with Gasteiger partial charge in [0.15, 0.2) is 0 Å². The van der Waals surface area contributed by atoms with Crippen molar-refractivity contribution in [2.45, 2.75) is 12.6 Å². The Morgan fingerprint density at radius 3 is 2.50 bits per heavy atom. The van der Waals surface area contributed by atoms with Crippen molar-refractivity contribution in [3.05, 3.63) is 71.3 Å². The molecule has 1 aliphatic heterocycles. The second kappa shape index (κ2) is 5.34. The van der Waals surface area contributed by atoms with E-state index in [9.17, 15) is 0 Å². The molecule has 0 aliphatic carbocycles. The van der Waals surface area contributed by atoms with Gasteiger partial charge in [-0.25, -0.2) is 0 Å². The average molecular weight is 238 g/mol. The minimum atomic E-state index is 0.310. The zero-order valence-corrected chi connectivity index (χ0v) is 10.4. The fraction of sp³-hybridized carbons (Fsp3) is 0.250. The van der Waals surface area contributed by atoms with E-state index in [4.69, 9.17) is 0 Å². The first-order valence-corrected chi connectivity index (χ1v) is 6.52. The second-order valence-corrected chi connectivity index (χ2v) is 4.67. The van der Waals surface area contributed by atoms with Gasteiger partial charge < -0.3 is 10.6 Å². The molecule has 2 heteroatoms. The van der Waals surface area contributed by atoms with Gasteiger partial charge in [0.2, 0.25) is 0 Å². The summed E-state index contributed by atoms with van der Waals surface area (Å²) in [5.74, 6) is 0. The number of rotatable bonds is 1. The van der Waals surface area contributed by atoms with Crippen molar-refractivity contribution in [1.29, 1.82) is 0 Å². The molecule has 0 amide bonds. The highest BCUT2D eigenvalue weighted by Crippen LogP contribution is 2.25. The van der Waals surface area contributed by atoms with Crippen LogP contribution in [0.4, 0.5) is 0 Å². The van der Waals surface area contributed by atoms with Gasteiger partial charge in [0.25, 0.3) is 0 Å². The standard InChI is InChI=1S/C16H18N2/c1-2-6-13(7-3-1)16-15-9-5-4-8-14(15)12-17-10-11-18-16/h1-9,16-18H,10-12H2. The summed E-state index contributed by atoms with van der Waals surface area (Å²) in [5.41, 5.74) is 4.11. The predicted octanol–water partition coefficient (Wildman–Crippen LogP) is 2.47. The fourth-order valence-corrected chi connectivity index (χ4v) is 2.56. The summed E-state index contributed by atoms with van der Waals surface area (Å²) < 4.78 is 0. The third-order valence-corrected chi connectivity index (χ3v) is 3.46. The highest BCUT2D eigenvalue weighted by Gasteiger charge is 2.17. The van der Waals surface area contributed by atoms with Crippen LogP contribution in [0.1, 0.15) is 22.7 Å². The van der Waals surface area contributed by atoms with Gasteiger partial charge in [-0.3, -0.25) is 0 Å². The fourth-order valence-electron chi connectivity index (χ4n) is 2.56. The molecule has 1 aliphatic rings. The number of hydrogen-bond acceptors (Lipinski definition) is 2. The van der Waals surface area contributed by atoms with Crippen LogP contribution in [0.15, 0.2) is 54.6 Å². The topological polar surface area (TPSA) is 24.1 Å². The van der Waals surface area contributed by atoms with Crippen LogP contribution >= 0.6 is 0 Å². The van der Waals surface area contributed by atoms with Crippen LogP contribution in [0.5, 0.6) is 0 Å². The zero-order valence-electron chi connectivity index (χ0n) is 10.4. The van der Waals surface area contributed by atoms with Crippen LogP contribution in [0.25, 0.3) is 0 Å². The third kappa shape index (κ3) is 2.30. The molecule has 2 nitrogen and oxygen atoms in total. The molecule has 1 unspecified atom stereocenters. The molecule has 92 valence electrons. The highest BCUT2D eigenvalue weighted by atomic mass is 15.0. The van der Waals surface area contributed by atoms with Crippen molar-refractivity contribution in [2.75, 3.05) is 13.1 Å². The number of benzene rings is 2. The first-order chi connectivity index (χ1) is 8.95. The Kier molecular flexibility index (Phi) is 3.40. The molecule has 18 heavy (non-hydrogen) atoms. The molecule has 0 fully saturated rings. The monoisotopic (exact) mass is 238 g/mol. The summed E-state index contributed by atoms with van der Waals surface area (Å²) in [6.07, 6.45) is 0. The molecular weight excluding hydrogens is 220 g/mol. The maximum atomic E-state index is 3.63. The van der Waals surface area contributed by atoms with Crippen LogP contribution in [-0.4, -0.2) is 13.1 Å². The van der Waals surface area contributed by atoms with Gasteiger partial charge in [0, 0.05) is 19.6 Å². The van der Waals surface area contributed by atoms with Crippen molar-refractivity contribution in [1.82, 2.24) is 10.6 Å². The van der Waals surface area contributed by atoms with E-state index in [-0.39, 0.29) is 0 Å². The lowest BCUT2D eigenvalue weighted by atomic mass is 9.93. The van der Waals surface area contributed by atoms with E-state index in [0.29, 0.717) is 6.04 Å². The van der Waals surface area contributed by atoms with Crippen LogP contribution in [0.2, 0.25) is 0 Å². The lowest BCUT2D eigenvalue weighted by Crippen LogP contribution is -2.34. The van der Waals surface area contributed by atoms with Crippen molar-refractivity contribution in [3.63, 3.8) is 0 Å². The summed E-state index contributed by atoms with van der Waals surface area (Å²) in [6.45, 7) is 2.97. The van der Waals surface area contributed by atoms with Gasteiger partial charge in [0.05, 0.1) is 6.04 Å². The van der Waals surface area contributed by atoms with Gasteiger partial charge in [-0.2, -0.15) is 0 Å². The lowest BCUT2D eigenvalue weighted by molar-refractivity contribution is 0.538. The quantitative estimate of drug-likeness (QED) is 0.797. The molecule has 2 aromatic rings. The lowest BCUT2D eigenvalue weighted by Gasteiger charge is -2.25. The first-order valence-electron chi connectivity index (χ1n) is 6.52. The normalized spacial score (nSPS) is 19.7. The highest BCUT2D eigenvalue weighted by molar-refractivity contribution is 5.37. The summed E-state index contributed by atoms with van der Waals surface area (Å²) in [4.78, 5) is 0. The Morgan fingerprint density at radius 1 is 0.833 bits per heavy atom. The SMILES string of the molecule is c1ccc(C2NCCNCc3ccccc32)cc1. The van der Waals surface area contributed by atoms with E-state index in [1.54, 1.807) is 0 Å². The third-order valence-electron chi connectivity index (χ3n) is 3.46. The summed E-state index contributed by atoms with van der Waals surface area (Å²) >= 11 is 0. The summed E-state index contributed by atoms with van der Waals surface area (Å²) in [5, 5.41) is 7.08.